The molecule has 0 fully saturated rings. The van der Waals surface area contributed by atoms with Crippen LogP contribution in [0.3, 0.4) is 0 Å². The maximum absolute atomic E-state index is 12.4. The molecule has 3 rings (SSSR count). The molecule has 0 atom stereocenters. The Labute approximate surface area is 160 Å². The molecule has 27 heavy (non-hydrogen) atoms. The standard InChI is InChI=1S/C20H16ClN3O3/c1-12-5-7-15(8-6-12)24-19(26)13-3-2-4-16(9-13)27-20-17(21)10-14(11-23-20)18(22)25/h2-11H,1H3,(H2,22,25)(H,24,26). The van der Waals surface area contributed by atoms with Crippen LogP contribution in [0.15, 0.2) is 60.8 Å². The summed E-state index contributed by atoms with van der Waals surface area (Å²) in [6.07, 6.45) is 1.28. The van der Waals surface area contributed by atoms with Crippen molar-refractivity contribution in [3.8, 4) is 11.6 Å². The van der Waals surface area contributed by atoms with E-state index in [4.69, 9.17) is 22.1 Å². The van der Waals surface area contributed by atoms with Crippen molar-refractivity contribution in [2.45, 2.75) is 6.92 Å². The van der Waals surface area contributed by atoms with E-state index >= 15 is 0 Å². The number of nitrogens with one attached hydrogen (secondary N) is 1. The SMILES string of the molecule is Cc1ccc(NC(=O)c2cccc(Oc3ncc(C(N)=O)cc3Cl)c2)cc1. The summed E-state index contributed by atoms with van der Waals surface area (Å²) in [7, 11) is 0. The summed E-state index contributed by atoms with van der Waals surface area (Å²) < 4.78 is 5.63. The zero-order chi connectivity index (χ0) is 19.4. The van der Waals surface area contributed by atoms with Gasteiger partial charge in [0.15, 0.2) is 0 Å². The third-order valence-electron chi connectivity index (χ3n) is 3.71. The Bertz CT molecular complexity index is 1000. The molecule has 0 unspecified atom stereocenters. The number of halogens is 1. The quantitative estimate of drug-likeness (QED) is 0.692. The molecule has 3 N–H and O–H groups in total. The molecule has 0 radical (unpaired) electrons. The van der Waals surface area contributed by atoms with Gasteiger partial charge in [-0.1, -0.05) is 35.4 Å². The molecule has 0 saturated heterocycles. The van der Waals surface area contributed by atoms with Crippen molar-refractivity contribution in [2.24, 2.45) is 5.73 Å². The van der Waals surface area contributed by atoms with Crippen molar-refractivity contribution in [3.63, 3.8) is 0 Å². The molecule has 0 saturated carbocycles. The number of nitrogens with two attached hydrogens (primary N) is 1. The van der Waals surface area contributed by atoms with Gasteiger partial charge in [0, 0.05) is 17.4 Å². The molecule has 3 aromatic rings. The molecule has 0 aliphatic carbocycles. The highest BCUT2D eigenvalue weighted by Crippen LogP contribution is 2.28. The number of hydrogen-bond donors (Lipinski definition) is 2. The summed E-state index contributed by atoms with van der Waals surface area (Å²) in [6, 6.07) is 15.5. The van der Waals surface area contributed by atoms with Gasteiger partial charge in [0.05, 0.1) is 5.56 Å². The minimum atomic E-state index is -0.634. The largest absolute Gasteiger partial charge is 0.438 e. The maximum Gasteiger partial charge on any atom is 0.255 e. The number of anilines is 1. The smallest absolute Gasteiger partial charge is 0.255 e. The monoisotopic (exact) mass is 381 g/mol. The summed E-state index contributed by atoms with van der Waals surface area (Å²) >= 11 is 6.07. The summed E-state index contributed by atoms with van der Waals surface area (Å²) in [6.45, 7) is 1.97. The summed E-state index contributed by atoms with van der Waals surface area (Å²) in [5.41, 5.74) is 7.59. The second-order valence-electron chi connectivity index (χ2n) is 5.83. The summed E-state index contributed by atoms with van der Waals surface area (Å²) in [5.74, 6) is -0.413. The molecule has 0 spiro atoms. The van der Waals surface area contributed by atoms with Crippen molar-refractivity contribution in [1.82, 2.24) is 4.98 Å². The van der Waals surface area contributed by atoms with Gasteiger partial charge in [0.1, 0.15) is 10.8 Å². The maximum atomic E-state index is 12.4. The molecular weight excluding hydrogens is 366 g/mol. The van der Waals surface area contributed by atoms with E-state index < -0.39 is 5.91 Å². The van der Waals surface area contributed by atoms with Crippen LogP contribution < -0.4 is 15.8 Å². The van der Waals surface area contributed by atoms with Crippen LogP contribution in [0.2, 0.25) is 5.02 Å². The van der Waals surface area contributed by atoms with Crippen LogP contribution >= 0.6 is 11.6 Å². The van der Waals surface area contributed by atoms with Crippen molar-refractivity contribution in [2.75, 3.05) is 5.32 Å². The van der Waals surface area contributed by atoms with Crippen molar-refractivity contribution in [3.05, 3.63) is 82.5 Å². The fraction of sp³-hybridized carbons (Fsp3) is 0.0500. The van der Waals surface area contributed by atoms with Crippen LogP contribution in [-0.2, 0) is 0 Å². The van der Waals surface area contributed by atoms with E-state index in [0.717, 1.165) is 5.56 Å². The first-order chi connectivity index (χ1) is 12.9. The lowest BCUT2D eigenvalue weighted by atomic mass is 10.2. The van der Waals surface area contributed by atoms with Gasteiger partial charge >= 0.3 is 0 Å². The molecule has 0 bridgehead atoms. The Kier molecular flexibility index (Phi) is 5.38. The zero-order valence-electron chi connectivity index (χ0n) is 14.4. The molecule has 0 aliphatic heterocycles. The molecule has 6 nitrogen and oxygen atoms in total. The number of rotatable bonds is 5. The highest BCUT2D eigenvalue weighted by atomic mass is 35.5. The van der Waals surface area contributed by atoms with Gasteiger partial charge in [-0.05, 0) is 43.3 Å². The average Bonchev–Trinajstić information content (AvgIpc) is 2.65. The first-order valence-corrected chi connectivity index (χ1v) is 8.41. The third-order valence-corrected chi connectivity index (χ3v) is 3.98. The molecule has 7 heteroatoms. The number of ether oxygens (including phenoxy) is 1. The first-order valence-electron chi connectivity index (χ1n) is 8.03. The van der Waals surface area contributed by atoms with E-state index in [1.165, 1.54) is 12.3 Å². The van der Waals surface area contributed by atoms with E-state index in [9.17, 15) is 9.59 Å². The minimum absolute atomic E-state index is 0.109. The Balaban J connectivity index is 1.76. The molecule has 2 aromatic carbocycles. The predicted molar refractivity (Wildman–Crippen MR) is 103 cm³/mol. The van der Waals surface area contributed by atoms with Gasteiger partial charge in [-0.15, -0.1) is 0 Å². The van der Waals surface area contributed by atoms with Crippen LogP contribution in [0.5, 0.6) is 11.6 Å². The van der Waals surface area contributed by atoms with Crippen LogP contribution in [-0.4, -0.2) is 16.8 Å². The first kappa shape index (κ1) is 18.4. The number of aryl methyl sites for hydroxylation is 1. The average molecular weight is 382 g/mol. The number of carbonyl (C=O) groups is 2. The van der Waals surface area contributed by atoms with Crippen LogP contribution in [0.1, 0.15) is 26.3 Å². The minimum Gasteiger partial charge on any atom is -0.438 e. The number of hydrogen-bond acceptors (Lipinski definition) is 4. The number of pyridine rings is 1. The van der Waals surface area contributed by atoms with Gasteiger partial charge in [-0.25, -0.2) is 4.98 Å². The van der Waals surface area contributed by atoms with Crippen LogP contribution in [0.25, 0.3) is 0 Å². The van der Waals surface area contributed by atoms with Crippen molar-refractivity contribution < 1.29 is 14.3 Å². The Hall–Kier alpha value is -3.38. The molecule has 2 amide bonds. The number of amides is 2. The Morgan fingerprint density at radius 1 is 1.07 bits per heavy atom. The lowest BCUT2D eigenvalue weighted by molar-refractivity contribution is 0.0997. The highest BCUT2D eigenvalue weighted by Gasteiger charge is 2.11. The second-order valence-corrected chi connectivity index (χ2v) is 6.23. The van der Waals surface area contributed by atoms with Crippen molar-refractivity contribution >= 4 is 29.1 Å². The van der Waals surface area contributed by atoms with Crippen LogP contribution in [0.4, 0.5) is 5.69 Å². The topological polar surface area (TPSA) is 94.3 Å². The molecular formula is C20H16ClN3O3. The number of carbonyl (C=O) groups excluding carboxylic acids is 2. The van der Waals surface area contributed by atoms with Gasteiger partial charge in [-0.2, -0.15) is 0 Å². The molecule has 136 valence electrons. The zero-order valence-corrected chi connectivity index (χ0v) is 15.2. The lowest BCUT2D eigenvalue weighted by Crippen LogP contribution is -2.12. The fourth-order valence-corrected chi connectivity index (χ4v) is 2.49. The molecule has 0 aliphatic rings. The fourth-order valence-electron chi connectivity index (χ4n) is 2.29. The van der Waals surface area contributed by atoms with Gasteiger partial charge in [-0.3, -0.25) is 9.59 Å². The van der Waals surface area contributed by atoms with E-state index in [-0.39, 0.29) is 22.4 Å². The normalized spacial score (nSPS) is 10.3. The predicted octanol–water partition coefficient (Wildman–Crippen LogP) is 4.19. The summed E-state index contributed by atoms with van der Waals surface area (Å²) in [4.78, 5) is 27.6. The number of aromatic nitrogens is 1. The second kappa shape index (κ2) is 7.88. The Morgan fingerprint density at radius 3 is 2.48 bits per heavy atom. The number of benzene rings is 2. The van der Waals surface area contributed by atoms with E-state index in [1.54, 1.807) is 24.3 Å². The summed E-state index contributed by atoms with van der Waals surface area (Å²) in [5, 5.41) is 2.96. The van der Waals surface area contributed by atoms with Gasteiger partial charge < -0.3 is 15.8 Å². The molecule has 1 aromatic heterocycles. The number of nitrogens with zero attached hydrogens (tertiary/aromatic N) is 1. The highest BCUT2D eigenvalue weighted by molar-refractivity contribution is 6.32. The Morgan fingerprint density at radius 2 is 1.81 bits per heavy atom. The third kappa shape index (κ3) is 4.62. The molecule has 1 heterocycles. The van der Waals surface area contributed by atoms with Gasteiger partial charge in [0.2, 0.25) is 11.8 Å². The van der Waals surface area contributed by atoms with E-state index in [2.05, 4.69) is 10.3 Å². The number of primary amides is 1. The van der Waals surface area contributed by atoms with Crippen LogP contribution in [0, 0.1) is 6.92 Å². The van der Waals surface area contributed by atoms with Crippen molar-refractivity contribution in [1.29, 1.82) is 0 Å². The van der Waals surface area contributed by atoms with Gasteiger partial charge in [0.25, 0.3) is 5.91 Å². The van der Waals surface area contributed by atoms with E-state index in [1.807, 2.05) is 31.2 Å². The lowest BCUT2D eigenvalue weighted by Gasteiger charge is -2.09. The van der Waals surface area contributed by atoms with E-state index in [0.29, 0.717) is 17.0 Å².